The van der Waals surface area contributed by atoms with Crippen LogP contribution in [0.25, 0.3) is 0 Å². The van der Waals surface area contributed by atoms with Gasteiger partial charge in [0.15, 0.2) is 0 Å². The van der Waals surface area contributed by atoms with Gasteiger partial charge in [-0.05, 0) is 56.3 Å². The fourth-order valence-corrected chi connectivity index (χ4v) is 7.09. The zero-order valence-corrected chi connectivity index (χ0v) is 22.5. The Kier molecular flexibility index (Phi) is 8.46. The van der Waals surface area contributed by atoms with Gasteiger partial charge in [-0.25, -0.2) is 12.8 Å². The number of sulfonamides is 1. The number of benzene rings is 2. The monoisotopic (exact) mass is 557 g/mol. The summed E-state index contributed by atoms with van der Waals surface area (Å²) in [6.07, 6.45) is 1.32. The minimum atomic E-state index is -3.96. The second kappa shape index (κ2) is 11.2. The van der Waals surface area contributed by atoms with Crippen molar-refractivity contribution in [2.75, 3.05) is 52.9 Å². The molecular formula is C25H30Cl2FN3O4S. The molecule has 11 heteroatoms. The third-order valence-electron chi connectivity index (χ3n) is 6.90. The van der Waals surface area contributed by atoms with Crippen LogP contribution in [-0.2, 0) is 14.8 Å². The first-order valence-electron chi connectivity index (χ1n) is 11.9. The smallest absolute Gasteiger partial charge is 0.244 e. The number of hydrogen-bond acceptors (Lipinski definition) is 5. The molecule has 1 unspecified atom stereocenters. The van der Waals surface area contributed by atoms with Gasteiger partial charge in [0.05, 0.1) is 16.7 Å². The summed E-state index contributed by atoms with van der Waals surface area (Å²) in [5, 5.41) is 0.136. The van der Waals surface area contributed by atoms with Gasteiger partial charge in [-0.1, -0.05) is 29.3 Å². The lowest BCUT2D eigenvalue weighted by molar-refractivity contribution is -0.136. The zero-order valence-electron chi connectivity index (χ0n) is 20.1. The molecule has 1 atom stereocenters. The van der Waals surface area contributed by atoms with Gasteiger partial charge in [-0.2, -0.15) is 4.31 Å². The minimum Gasteiger partial charge on any atom is -0.493 e. The molecule has 0 aromatic heterocycles. The number of amides is 1. The highest BCUT2D eigenvalue weighted by Gasteiger charge is 2.43. The van der Waals surface area contributed by atoms with Gasteiger partial charge in [-0.3, -0.25) is 4.79 Å². The number of likely N-dealkylation sites (N-methyl/N-ethyl adjacent to an activating group) is 1. The Hall–Kier alpha value is -1.91. The summed E-state index contributed by atoms with van der Waals surface area (Å²) in [5.74, 6) is 0.0576. The molecule has 1 amide bonds. The first-order chi connectivity index (χ1) is 17.1. The molecule has 2 saturated heterocycles. The van der Waals surface area contributed by atoms with E-state index in [1.54, 1.807) is 6.07 Å². The molecule has 0 aliphatic carbocycles. The van der Waals surface area contributed by atoms with E-state index in [0.717, 1.165) is 13.1 Å². The van der Waals surface area contributed by atoms with E-state index >= 15 is 0 Å². The van der Waals surface area contributed by atoms with Crippen LogP contribution in [0.15, 0.2) is 47.4 Å². The van der Waals surface area contributed by atoms with Crippen LogP contribution in [0.1, 0.15) is 19.3 Å². The third kappa shape index (κ3) is 6.14. The Balaban J connectivity index is 1.59. The van der Waals surface area contributed by atoms with Gasteiger partial charge in [0, 0.05) is 51.1 Å². The average molecular weight is 559 g/mol. The van der Waals surface area contributed by atoms with E-state index in [0.29, 0.717) is 38.2 Å². The number of nitrogens with zero attached hydrogens (tertiary/aromatic N) is 3. The molecule has 4 rings (SSSR count). The summed E-state index contributed by atoms with van der Waals surface area (Å²) in [6.45, 7) is 3.35. The highest BCUT2D eigenvalue weighted by Crippen LogP contribution is 2.39. The summed E-state index contributed by atoms with van der Waals surface area (Å²) >= 11 is 12.4. The lowest BCUT2D eigenvalue weighted by Gasteiger charge is -2.43. The Morgan fingerprint density at radius 2 is 1.75 bits per heavy atom. The summed E-state index contributed by atoms with van der Waals surface area (Å²) < 4.78 is 47.9. The molecule has 36 heavy (non-hydrogen) atoms. The van der Waals surface area contributed by atoms with Crippen molar-refractivity contribution < 1.29 is 22.3 Å². The topological polar surface area (TPSA) is 70.2 Å². The van der Waals surface area contributed by atoms with Crippen molar-refractivity contribution in [3.8, 4) is 5.75 Å². The van der Waals surface area contributed by atoms with Gasteiger partial charge in [0.25, 0.3) is 0 Å². The lowest BCUT2D eigenvalue weighted by atomic mass is 9.78. The van der Waals surface area contributed by atoms with Gasteiger partial charge in [0.2, 0.25) is 15.9 Å². The molecule has 2 aliphatic heterocycles. The predicted octanol–water partition coefficient (Wildman–Crippen LogP) is 4.15. The molecule has 2 aromatic carbocycles. The summed E-state index contributed by atoms with van der Waals surface area (Å²) in [7, 11) is -1.94. The van der Waals surface area contributed by atoms with Crippen LogP contribution in [-0.4, -0.2) is 81.4 Å². The number of rotatable bonds is 7. The van der Waals surface area contributed by atoms with Crippen LogP contribution < -0.4 is 4.74 Å². The molecule has 2 heterocycles. The van der Waals surface area contributed by atoms with E-state index in [4.69, 9.17) is 27.9 Å². The number of halogens is 3. The molecule has 0 bridgehead atoms. The van der Waals surface area contributed by atoms with Crippen LogP contribution in [0.3, 0.4) is 0 Å². The van der Waals surface area contributed by atoms with E-state index in [1.807, 2.05) is 11.9 Å². The van der Waals surface area contributed by atoms with Crippen LogP contribution in [0.4, 0.5) is 4.39 Å². The zero-order chi connectivity index (χ0) is 25.9. The second-order valence-corrected chi connectivity index (χ2v) is 12.3. The number of ether oxygens (including phenoxy) is 1. The molecule has 7 nitrogen and oxygen atoms in total. The quantitative estimate of drug-likeness (QED) is 0.511. The van der Waals surface area contributed by atoms with Crippen molar-refractivity contribution in [3.05, 3.63) is 58.3 Å². The summed E-state index contributed by atoms with van der Waals surface area (Å²) in [6, 6.07) is 10.2. The predicted molar refractivity (Wildman–Crippen MR) is 137 cm³/mol. The van der Waals surface area contributed by atoms with Gasteiger partial charge in [0.1, 0.15) is 16.5 Å². The molecule has 0 radical (unpaired) electrons. The highest BCUT2D eigenvalue weighted by atomic mass is 35.5. The summed E-state index contributed by atoms with van der Waals surface area (Å²) in [4.78, 5) is 17.3. The fraction of sp³-hybridized carbons (Fsp3) is 0.480. The maximum absolute atomic E-state index is 13.6. The normalized spacial score (nSPS) is 21.9. The molecule has 0 N–H and O–H groups in total. The summed E-state index contributed by atoms with van der Waals surface area (Å²) in [5.41, 5.74) is -0.759. The van der Waals surface area contributed by atoms with Crippen molar-refractivity contribution in [1.82, 2.24) is 14.1 Å². The highest BCUT2D eigenvalue weighted by molar-refractivity contribution is 7.89. The number of piperidine rings is 1. The van der Waals surface area contributed by atoms with Crippen molar-refractivity contribution in [2.24, 2.45) is 5.41 Å². The molecule has 0 spiro atoms. The Morgan fingerprint density at radius 3 is 2.44 bits per heavy atom. The largest absolute Gasteiger partial charge is 0.493 e. The number of carbonyl (C=O) groups is 1. The molecular weight excluding hydrogens is 528 g/mol. The van der Waals surface area contributed by atoms with Crippen LogP contribution in [0.5, 0.6) is 5.75 Å². The Labute approximate surface area is 221 Å². The van der Waals surface area contributed by atoms with Crippen LogP contribution in [0, 0.1) is 11.2 Å². The SMILES string of the molecule is CN1CCN(C(=O)CC2(COc3ccc(F)cc3)CCCN(S(=O)(=O)c3cccc(Cl)c3Cl)C2)CC1. The van der Waals surface area contributed by atoms with Crippen molar-refractivity contribution in [1.29, 1.82) is 0 Å². The molecule has 196 valence electrons. The van der Waals surface area contributed by atoms with Crippen molar-refractivity contribution in [2.45, 2.75) is 24.2 Å². The number of hydrogen-bond donors (Lipinski definition) is 0. The van der Waals surface area contributed by atoms with Gasteiger partial charge < -0.3 is 14.5 Å². The van der Waals surface area contributed by atoms with E-state index in [9.17, 15) is 17.6 Å². The van der Waals surface area contributed by atoms with Gasteiger partial charge in [-0.15, -0.1) is 0 Å². The number of piperazine rings is 1. The van der Waals surface area contributed by atoms with Crippen molar-refractivity contribution >= 4 is 39.1 Å². The Morgan fingerprint density at radius 1 is 1.06 bits per heavy atom. The van der Waals surface area contributed by atoms with Crippen molar-refractivity contribution in [3.63, 3.8) is 0 Å². The number of carbonyl (C=O) groups excluding carboxylic acids is 1. The first-order valence-corrected chi connectivity index (χ1v) is 14.1. The van der Waals surface area contributed by atoms with E-state index in [2.05, 4.69) is 4.90 Å². The fourth-order valence-electron chi connectivity index (χ4n) is 4.76. The maximum atomic E-state index is 13.6. The standard InChI is InChI=1S/C25H30Cl2FN3O4S/c1-29-12-14-30(15-13-29)23(32)16-25(18-35-20-8-6-19(28)7-9-20)10-3-11-31(17-25)36(33,34)22-5-2-4-21(26)24(22)27/h2,4-9H,3,10-18H2,1H3. The first kappa shape index (κ1) is 27.1. The minimum absolute atomic E-state index is 0.0218. The molecule has 0 saturated carbocycles. The lowest BCUT2D eigenvalue weighted by Crippen LogP contribution is -2.53. The molecule has 2 aliphatic rings. The van der Waals surface area contributed by atoms with Gasteiger partial charge >= 0.3 is 0 Å². The Bertz CT molecular complexity index is 1190. The molecule has 2 aromatic rings. The van der Waals surface area contributed by atoms with E-state index < -0.39 is 15.4 Å². The maximum Gasteiger partial charge on any atom is 0.244 e. The van der Waals surface area contributed by atoms with E-state index in [-0.39, 0.29) is 46.2 Å². The van der Waals surface area contributed by atoms with E-state index in [1.165, 1.54) is 40.7 Å². The van der Waals surface area contributed by atoms with Crippen LogP contribution >= 0.6 is 23.2 Å². The average Bonchev–Trinajstić information content (AvgIpc) is 2.86. The van der Waals surface area contributed by atoms with Crippen LogP contribution in [0.2, 0.25) is 10.0 Å². The third-order valence-corrected chi connectivity index (χ3v) is 9.72. The molecule has 2 fully saturated rings. The second-order valence-electron chi connectivity index (χ2n) is 9.60.